The van der Waals surface area contributed by atoms with Crippen LogP contribution in [0.1, 0.15) is 21.6 Å². The molecule has 146 valence electrons. The Morgan fingerprint density at radius 3 is 2.90 bits per heavy atom. The molecule has 0 radical (unpaired) electrons. The van der Waals surface area contributed by atoms with Gasteiger partial charge in [0.05, 0.1) is 22.4 Å². The van der Waals surface area contributed by atoms with E-state index in [1.807, 2.05) is 6.92 Å². The lowest BCUT2D eigenvalue weighted by Gasteiger charge is -2.11. The van der Waals surface area contributed by atoms with E-state index >= 15 is 0 Å². The molecule has 0 atom stereocenters. The molecule has 4 rings (SSSR count). The number of nitrogens with zero attached hydrogens (tertiary/aromatic N) is 2. The first-order valence-electron chi connectivity index (χ1n) is 8.78. The molecule has 2 aromatic heterocycles. The van der Waals surface area contributed by atoms with E-state index in [4.69, 9.17) is 16.3 Å². The highest BCUT2D eigenvalue weighted by Gasteiger charge is 2.13. The molecule has 0 saturated heterocycles. The number of carbonyl (C=O) groups is 1. The van der Waals surface area contributed by atoms with Crippen LogP contribution in [-0.4, -0.2) is 21.5 Å². The van der Waals surface area contributed by atoms with Crippen LogP contribution >= 0.6 is 11.6 Å². The SMILES string of the molecule is Cc1c(C=O)[nH]c2cnnc(Nc3ccc(OCc4cccc(F)c4)c(Cl)c3)c12. The fourth-order valence-electron chi connectivity index (χ4n) is 3.06. The van der Waals surface area contributed by atoms with Gasteiger partial charge < -0.3 is 15.0 Å². The topological polar surface area (TPSA) is 79.9 Å². The van der Waals surface area contributed by atoms with E-state index in [0.29, 0.717) is 39.1 Å². The Morgan fingerprint density at radius 1 is 1.28 bits per heavy atom. The number of aldehydes is 1. The zero-order valence-corrected chi connectivity index (χ0v) is 16.1. The molecule has 0 bridgehead atoms. The van der Waals surface area contributed by atoms with E-state index in [2.05, 4.69) is 20.5 Å². The summed E-state index contributed by atoms with van der Waals surface area (Å²) in [6, 6.07) is 11.4. The third-order valence-electron chi connectivity index (χ3n) is 4.49. The zero-order valence-electron chi connectivity index (χ0n) is 15.4. The number of fused-ring (bicyclic) bond motifs is 1. The quantitative estimate of drug-likeness (QED) is 0.427. The summed E-state index contributed by atoms with van der Waals surface area (Å²) >= 11 is 6.34. The second-order valence-electron chi connectivity index (χ2n) is 6.45. The number of aromatic amines is 1. The van der Waals surface area contributed by atoms with Crippen molar-refractivity contribution in [2.45, 2.75) is 13.5 Å². The lowest BCUT2D eigenvalue weighted by molar-refractivity contribution is 0.111. The average Bonchev–Trinajstić information content (AvgIpc) is 3.04. The lowest BCUT2D eigenvalue weighted by Crippen LogP contribution is -1.99. The van der Waals surface area contributed by atoms with Crippen LogP contribution in [0.15, 0.2) is 48.7 Å². The van der Waals surface area contributed by atoms with Crippen LogP contribution in [0, 0.1) is 12.7 Å². The first kappa shape index (κ1) is 18.9. The van der Waals surface area contributed by atoms with E-state index < -0.39 is 0 Å². The molecule has 29 heavy (non-hydrogen) atoms. The lowest BCUT2D eigenvalue weighted by atomic mass is 10.2. The van der Waals surface area contributed by atoms with Gasteiger partial charge in [-0.1, -0.05) is 23.7 Å². The third-order valence-corrected chi connectivity index (χ3v) is 4.79. The number of H-pyrrole nitrogens is 1. The number of anilines is 2. The Morgan fingerprint density at radius 2 is 2.14 bits per heavy atom. The summed E-state index contributed by atoms with van der Waals surface area (Å²) in [6.07, 6.45) is 2.33. The van der Waals surface area contributed by atoms with Crippen LogP contribution < -0.4 is 10.1 Å². The molecule has 0 fully saturated rings. The Balaban J connectivity index is 1.55. The highest BCUT2D eigenvalue weighted by Crippen LogP contribution is 2.32. The van der Waals surface area contributed by atoms with E-state index in [0.717, 1.165) is 17.2 Å². The van der Waals surface area contributed by atoms with Gasteiger partial charge in [-0.25, -0.2) is 4.39 Å². The van der Waals surface area contributed by atoms with Crippen LogP contribution in [0.2, 0.25) is 5.02 Å². The average molecular weight is 411 g/mol. The molecule has 0 spiro atoms. The Labute approximate surface area is 170 Å². The molecule has 6 nitrogen and oxygen atoms in total. The van der Waals surface area contributed by atoms with Gasteiger partial charge >= 0.3 is 0 Å². The van der Waals surface area contributed by atoms with E-state index in [-0.39, 0.29) is 12.4 Å². The van der Waals surface area contributed by atoms with E-state index in [9.17, 15) is 9.18 Å². The first-order chi connectivity index (χ1) is 14.0. The van der Waals surface area contributed by atoms with Gasteiger partial charge in [-0.05, 0) is 48.4 Å². The van der Waals surface area contributed by atoms with Gasteiger partial charge in [-0.3, -0.25) is 4.79 Å². The molecule has 4 aromatic rings. The van der Waals surface area contributed by atoms with Crippen LogP contribution in [-0.2, 0) is 6.61 Å². The van der Waals surface area contributed by atoms with Crippen molar-refractivity contribution in [1.29, 1.82) is 0 Å². The number of ether oxygens (including phenoxy) is 1. The molecular formula is C21H16ClFN4O2. The molecule has 2 heterocycles. The second kappa shape index (κ2) is 7.89. The minimum Gasteiger partial charge on any atom is -0.487 e. The van der Waals surface area contributed by atoms with Gasteiger partial charge in [0, 0.05) is 11.1 Å². The summed E-state index contributed by atoms with van der Waals surface area (Å²) in [5.41, 5.74) is 3.37. The highest BCUT2D eigenvalue weighted by molar-refractivity contribution is 6.32. The van der Waals surface area contributed by atoms with E-state index in [1.165, 1.54) is 12.1 Å². The molecule has 2 aromatic carbocycles. The van der Waals surface area contributed by atoms with Crippen molar-refractivity contribution in [3.8, 4) is 5.75 Å². The minimum absolute atomic E-state index is 0.200. The molecule has 0 aliphatic heterocycles. The van der Waals surface area contributed by atoms with Crippen LogP contribution in [0.25, 0.3) is 10.9 Å². The minimum atomic E-state index is -0.315. The predicted molar refractivity (Wildman–Crippen MR) is 109 cm³/mol. The van der Waals surface area contributed by atoms with Gasteiger partial charge in [0.15, 0.2) is 12.1 Å². The maximum absolute atomic E-state index is 13.3. The number of halogens is 2. The van der Waals surface area contributed by atoms with Gasteiger partial charge in [-0.2, -0.15) is 5.10 Å². The fraction of sp³-hybridized carbons (Fsp3) is 0.0952. The van der Waals surface area contributed by atoms with Crippen molar-refractivity contribution in [3.05, 3.63) is 76.3 Å². The normalized spacial score (nSPS) is 10.9. The van der Waals surface area contributed by atoms with Gasteiger partial charge in [-0.15, -0.1) is 5.10 Å². The van der Waals surface area contributed by atoms with Crippen LogP contribution in [0.5, 0.6) is 5.75 Å². The van der Waals surface area contributed by atoms with Crippen molar-refractivity contribution in [1.82, 2.24) is 15.2 Å². The monoisotopic (exact) mass is 410 g/mol. The van der Waals surface area contributed by atoms with Gasteiger partial charge in [0.25, 0.3) is 0 Å². The number of rotatable bonds is 6. The third kappa shape index (κ3) is 3.90. The maximum atomic E-state index is 13.3. The maximum Gasteiger partial charge on any atom is 0.166 e. The first-order valence-corrected chi connectivity index (χ1v) is 9.16. The highest BCUT2D eigenvalue weighted by atomic mass is 35.5. The second-order valence-corrected chi connectivity index (χ2v) is 6.86. The number of hydrogen-bond acceptors (Lipinski definition) is 5. The van der Waals surface area contributed by atoms with E-state index in [1.54, 1.807) is 36.5 Å². The number of benzene rings is 2. The molecular weight excluding hydrogens is 395 g/mol. The molecule has 0 aliphatic rings. The summed E-state index contributed by atoms with van der Waals surface area (Å²) in [4.78, 5) is 14.2. The fourth-order valence-corrected chi connectivity index (χ4v) is 3.29. The number of hydrogen-bond donors (Lipinski definition) is 2. The Hall–Kier alpha value is -3.45. The molecule has 0 amide bonds. The number of nitrogens with one attached hydrogen (secondary N) is 2. The number of aryl methyl sites for hydroxylation is 1. The van der Waals surface area contributed by atoms with Crippen molar-refractivity contribution in [2.75, 3.05) is 5.32 Å². The number of carbonyl (C=O) groups excluding carboxylic acids is 1. The van der Waals surface area contributed by atoms with Crippen molar-refractivity contribution in [2.24, 2.45) is 0 Å². The van der Waals surface area contributed by atoms with Gasteiger partial charge in [0.1, 0.15) is 18.2 Å². The summed E-state index contributed by atoms with van der Waals surface area (Å²) in [5, 5.41) is 12.5. The summed E-state index contributed by atoms with van der Waals surface area (Å²) in [6.45, 7) is 2.04. The zero-order chi connectivity index (χ0) is 20.4. The molecule has 0 saturated carbocycles. The molecule has 0 unspecified atom stereocenters. The summed E-state index contributed by atoms with van der Waals surface area (Å²) in [5.74, 6) is 0.672. The van der Waals surface area contributed by atoms with Crippen molar-refractivity contribution >= 4 is 40.3 Å². The standard InChI is InChI=1S/C21H16ClFN4O2/c1-12-18(10-28)26-17-9-24-27-21(20(12)17)25-15-5-6-19(16(22)8-15)29-11-13-3-2-4-14(23)7-13/h2-10,26H,11H2,1H3,(H,25,27). The van der Waals surface area contributed by atoms with Crippen LogP contribution in [0.4, 0.5) is 15.9 Å². The Bertz CT molecular complexity index is 1210. The smallest absolute Gasteiger partial charge is 0.166 e. The van der Waals surface area contributed by atoms with Gasteiger partial charge in [0.2, 0.25) is 0 Å². The van der Waals surface area contributed by atoms with Crippen molar-refractivity contribution < 1.29 is 13.9 Å². The van der Waals surface area contributed by atoms with Crippen LogP contribution in [0.3, 0.4) is 0 Å². The number of aromatic nitrogens is 3. The molecule has 2 N–H and O–H groups in total. The summed E-state index contributed by atoms with van der Waals surface area (Å²) in [7, 11) is 0. The predicted octanol–water partition coefficient (Wildman–Crippen LogP) is 5.19. The molecule has 0 aliphatic carbocycles. The largest absolute Gasteiger partial charge is 0.487 e. The molecule has 8 heteroatoms. The van der Waals surface area contributed by atoms with Crippen molar-refractivity contribution in [3.63, 3.8) is 0 Å². The Kier molecular flexibility index (Phi) is 5.14. The summed E-state index contributed by atoms with van der Waals surface area (Å²) < 4.78 is 19.0.